The Morgan fingerprint density at radius 3 is 2.29 bits per heavy atom. The summed E-state index contributed by atoms with van der Waals surface area (Å²) in [4.78, 5) is 24.7. The third kappa shape index (κ3) is 6.97. The van der Waals surface area contributed by atoms with Gasteiger partial charge in [-0.05, 0) is 61.9 Å². The van der Waals surface area contributed by atoms with Crippen molar-refractivity contribution in [2.24, 2.45) is 0 Å². The average molecular weight is 456 g/mol. The number of benzene rings is 3. The standard InChI is InChI=1S/C27H25N3O4/c1-3-33-25-16-20(15-21(17-28)27(32)30-23-12-9-19(2)10-13-23)11-14-24(25)34-18-26(31)29-22-7-5-4-6-8-22/h4-16H,3,18H2,1-2H3,(H,29,31)(H,30,32)/b21-15+. The lowest BCUT2D eigenvalue weighted by Gasteiger charge is -2.13. The summed E-state index contributed by atoms with van der Waals surface area (Å²) in [6.45, 7) is 3.95. The Balaban J connectivity index is 1.70. The molecular weight excluding hydrogens is 430 g/mol. The van der Waals surface area contributed by atoms with Gasteiger partial charge in [-0.25, -0.2) is 0 Å². The zero-order chi connectivity index (χ0) is 24.3. The Labute approximate surface area is 198 Å². The van der Waals surface area contributed by atoms with Crippen molar-refractivity contribution in [3.8, 4) is 17.6 Å². The van der Waals surface area contributed by atoms with Gasteiger partial charge in [0.05, 0.1) is 6.61 Å². The normalized spacial score (nSPS) is 10.7. The number of anilines is 2. The molecule has 0 unspecified atom stereocenters. The monoisotopic (exact) mass is 455 g/mol. The van der Waals surface area contributed by atoms with Crippen molar-refractivity contribution in [2.75, 3.05) is 23.8 Å². The number of hydrogen-bond donors (Lipinski definition) is 2. The molecule has 172 valence electrons. The first-order valence-corrected chi connectivity index (χ1v) is 10.7. The smallest absolute Gasteiger partial charge is 0.266 e. The number of hydrogen-bond acceptors (Lipinski definition) is 5. The molecule has 0 aromatic heterocycles. The minimum absolute atomic E-state index is 0.0565. The van der Waals surface area contributed by atoms with Crippen LogP contribution < -0.4 is 20.1 Å². The lowest BCUT2D eigenvalue weighted by Crippen LogP contribution is -2.20. The minimum atomic E-state index is -0.512. The van der Waals surface area contributed by atoms with Crippen LogP contribution >= 0.6 is 0 Å². The van der Waals surface area contributed by atoms with Crippen molar-refractivity contribution in [3.05, 3.63) is 89.5 Å². The molecule has 0 fully saturated rings. The van der Waals surface area contributed by atoms with Gasteiger partial charge in [0.25, 0.3) is 11.8 Å². The number of para-hydroxylation sites is 1. The van der Waals surface area contributed by atoms with E-state index in [1.165, 1.54) is 6.08 Å². The molecule has 0 aliphatic carbocycles. The van der Waals surface area contributed by atoms with Crippen molar-refractivity contribution < 1.29 is 19.1 Å². The molecule has 0 saturated carbocycles. The number of nitriles is 1. The number of carbonyl (C=O) groups is 2. The summed E-state index contributed by atoms with van der Waals surface area (Å²) < 4.78 is 11.3. The van der Waals surface area contributed by atoms with Gasteiger partial charge in [0.15, 0.2) is 18.1 Å². The van der Waals surface area contributed by atoms with E-state index in [0.29, 0.717) is 35.0 Å². The molecule has 2 amide bonds. The van der Waals surface area contributed by atoms with Crippen molar-refractivity contribution >= 4 is 29.3 Å². The molecule has 0 bridgehead atoms. The number of nitrogens with zero attached hydrogens (tertiary/aromatic N) is 1. The number of amides is 2. The molecule has 2 N–H and O–H groups in total. The summed E-state index contributed by atoms with van der Waals surface area (Å²) in [5.74, 6) is -0.0378. The van der Waals surface area contributed by atoms with Gasteiger partial charge >= 0.3 is 0 Å². The van der Waals surface area contributed by atoms with Crippen LogP contribution in [0.4, 0.5) is 11.4 Å². The van der Waals surface area contributed by atoms with Crippen molar-refractivity contribution in [1.29, 1.82) is 5.26 Å². The average Bonchev–Trinajstić information content (AvgIpc) is 2.84. The van der Waals surface area contributed by atoms with E-state index in [-0.39, 0.29) is 18.1 Å². The maximum atomic E-state index is 12.5. The van der Waals surface area contributed by atoms with Crippen molar-refractivity contribution in [2.45, 2.75) is 13.8 Å². The van der Waals surface area contributed by atoms with Gasteiger partial charge < -0.3 is 20.1 Å². The second-order valence-electron chi connectivity index (χ2n) is 7.33. The van der Waals surface area contributed by atoms with E-state index in [9.17, 15) is 14.9 Å². The molecule has 3 aromatic rings. The highest BCUT2D eigenvalue weighted by Crippen LogP contribution is 2.29. The summed E-state index contributed by atoms with van der Waals surface area (Å²) in [7, 11) is 0. The molecule has 7 heteroatoms. The Kier molecular flexibility index (Phi) is 8.42. The lowest BCUT2D eigenvalue weighted by molar-refractivity contribution is -0.118. The van der Waals surface area contributed by atoms with E-state index < -0.39 is 5.91 Å². The molecule has 34 heavy (non-hydrogen) atoms. The molecule has 0 heterocycles. The number of aryl methyl sites for hydroxylation is 1. The van der Waals surface area contributed by atoms with Crippen LogP contribution in [-0.4, -0.2) is 25.0 Å². The number of ether oxygens (including phenoxy) is 2. The third-order valence-electron chi connectivity index (χ3n) is 4.67. The summed E-state index contributed by atoms with van der Waals surface area (Å²) in [5, 5.41) is 15.0. The molecule has 7 nitrogen and oxygen atoms in total. The first-order valence-electron chi connectivity index (χ1n) is 10.7. The van der Waals surface area contributed by atoms with Gasteiger partial charge in [0.1, 0.15) is 11.6 Å². The third-order valence-corrected chi connectivity index (χ3v) is 4.67. The van der Waals surface area contributed by atoms with Gasteiger partial charge in [-0.1, -0.05) is 42.0 Å². The Morgan fingerprint density at radius 2 is 1.62 bits per heavy atom. The quantitative estimate of drug-likeness (QED) is 0.351. The van der Waals surface area contributed by atoms with E-state index in [2.05, 4.69) is 10.6 Å². The van der Waals surface area contributed by atoms with Crippen LogP contribution in [0.5, 0.6) is 11.5 Å². The molecule has 0 atom stereocenters. The Morgan fingerprint density at radius 1 is 0.912 bits per heavy atom. The first kappa shape index (κ1) is 24.1. The number of carbonyl (C=O) groups excluding carboxylic acids is 2. The van der Waals surface area contributed by atoms with Gasteiger partial charge in [-0.15, -0.1) is 0 Å². The zero-order valence-electron chi connectivity index (χ0n) is 19.0. The highest BCUT2D eigenvalue weighted by Gasteiger charge is 2.12. The Hall–Kier alpha value is -4.57. The van der Waals surface area contributed by atoms with E-state index >= 15 is 0 Å². The largest absolute Gasteiger partial charge is 0.490 e. The minimum Gasteiger partial charge on any atom is -0.490 e. The van der Waals surface area contributed by atoms with E-state index in [1.807, 2.05) is 50.2 Å². The highest BCUT2D eigenvalue weighted by atomic mass is 16.5. The van der Waals surface area contributed by atoms with Crippen LogP contribution in [0.25, 0.3) is 6.08 Å². The predicted octanol–water partition coefficient (Wildman–Crippen LogP) is 4.96. The molecule has 0 aliphatic rings. The first-order chi connectivity index (χ1) is 16.5. The summed E-state index contributed by atoms with van der Waals surface area (Å²) >= 11 is 0. The van der Waals surface area contributed by atoms with Crippen molar-refractivity contribution in [1.82, 2.24) is 0 Å². The molecule has 0 aliphatic heterocycles. The molecule has 0 saturated heterocycles. The molecule has 3 aromatic carbocycles. The summed E-state index contributed by atoms with van der Waals surface area (Å²) in [5.41, 5.74) is 2.87. The van der Waals surface area contributed by atoms with E-state index in [0.717, 1.165) is 5.56 Å². The second kappa shape index (κ2) is 11.9. The van der Waals surface area contributed by atoms with Gasteiger partial charge in [-0.2, -0.15) is 5.26 Å². The SMILES string of the molecule is CCOc1cc(/C=C(\C#N)C(=O)Nc2ccc(C)cc2)ccc1OCC(=O)Nc1ccccc1. The Bertz CT molecular complexity index is 1210. The van der Waals surface area contributed by atoms with Crippen LogP contribution in [0, 0.1) is 18.3 Å². The van der Waals surface area contributed by atoms with Crippen LogP contribution in [-0.2, 0) is 9.59 Å². The highest BCUT2D eigenvalue weighted by molar-refractivity contribution is 6.09. The molecule has 0 spiro atoms. The topological polar surface area (TPSA) is 100 Å². The molecule has 3 rings (SSSR count). The number of nitrogens with one attached hydrogen (secondary N) is 2. The maximum absolute atomic E-state index is 12.5. The fraction of sp³-hybridized carbons (Fsp3) is 0.148. The van der Waals surface area contributed by atoms with Gasteiger partial charge in [0, 0.05) is 11.4 Å². The summed E-state index contributed by atoms with van der Waals surface area (Å²) in [6.07, 6.45) is 1.47. The van der Waals surface area contributed by atoms with Crippen molar-refractivity contribution in [3.63, 3.8) is 0 Å². The fourth-order valence-corrected chi connectivity index (χ4v) is 3.01. The number of rotatable bonds is 9. The van der Waals surface area contributed by atoms with Crippen LogP contribution in [0.1, 0.15) is 18.1 Å². The second-order valence-corrected chi connectivity index (χ2v) is 7.33. The zero-order valence-corrected chi connectivity index (χ0v) is 19.0. The fourth-order valence-electron chi connectivity index (χ4n) is 3.01. The molecule has 0 radical (unpaired) electrons. The summed E-state index contributed by atoms with van der Waals surface area (Å²) in [6, 6.07) is 23.3. The van der Waals surface area contributed by atoms with Gasteiger partial charge in [0.2, 0.25) is 0 Å². The predicted molar refractivity (Wildman–Crippen MR) is 132 cm³/mol. The lowest BCUT2D eigenvalue weighted by atomic mass is 10.1. The maximum Gasteiger partial charge on any atom is 0.266 e. The van der Waals surface area contributed by atoms with E-state index in [4.69, 9.17) is 9.47 Å². The van der Waals surface area contributed by atoms with Crippen LogP contribution in [0.2, 0.25) is 0 Å². The van der Waals surface area contributed by atoms with Crippen LogP contribution in [0.3, 0.4) is 0 Å². The van der Waals surface area contributed by atoms with E-state index in [1.54, 1.807) is 42.5 Å². The molecular formula is C27H25N3O4. The van der Waals surface area contributed by atoms with Crippen LogP contribution in [0.15, 0.2) is 78.4 Å². The van der Waals surface area contributed by atoms with Gasteiger partial charge in [-0.3, -0.25) is 9.59 Å².